The second kappa shape index (κ2) is 10.2. The molecule has 154 valence electrons. The number of nitrogens with one attached hydrogen (secondary N) is 1. The molecule has 0 bridgehead atoms. The van der Waals surface area contributed by atoms with Crippen molar-refractivity contribution in [2.24, 2.45) is 0 Å². The Morgan fingerprint density at radius 2 is 1.60 bits per heavy atom. The van der Waals surface area contributed by atoms with E-state index < -0.39 is 0 Å². The molecule has 0 radical (unpaired) electrons. The number of amides is 1. The number of ketones is 1. The van der Waals surface area contributed by atoms with Gasteiger partial charge in [0.1, 0.15) is 0 Å². The van der Waals surface area contributed by atoms with Crippen molar-refractivity contribution in [1.82, 2.24) is 5.32 Å². The fourth-order valence-corrected chi connectivity index (χ4v) is 3.45. The van der Waals surface area contributed by atoms with E-state index in [1.807, 2.05) is 43.3 Å². The predicted octanol–water partition coefficient (Wildman–Crippen LogP) is 4.75. The van der Waals surface area contributed by atoms with Crippen molar-refractivity contribution < 1.29 is 9.59 Å². The fourth-order valence-electron chi connectivity index (χ4n) is 3.28. The largest absolute Gasteiger partial charge is 0.314 e. The molecule has 1 atom stereocenters. The van der Waals surface area contributed by atoms with E-state index in [4.69, 9.17) is 11.6 Å². The Labute approximate surface area is 182 Å². The van der Waals surface area contributed by atoms with Gasteiger partial charge >= 0.3 is 0 Å². The Balaban J connectivity index is 1.70. The molecule has 3 aromatic carbocycles. The summed E-state index contributed by atoms with van der Waals surface area (Å²) in [6.07, 6.45) is 0.830. The van der Waals surface area contributed by atoms with Crippen molar-refractivity contribution in [2.75, 3.05) is 18.5 Å². The Hall–Kier alpha value is -2.95. The molecule has 0 fully saturated rings. The van der Waals surface area contributed by atoms with Crippen LogP contribution in [-0.4, -0.2) is 31.3 Å². The number of carbonyl (C=O) groups is 2. The lowest BCUT2D eigenvalue weighted by molar-refractivity contribution is -0.117. The topological polar surface area (TPSA) is 49.4 Å². The quantitative estimate of drug-likeness (QED) is 0.535. The highest BCUT2D eigenvalue weighted by Gasteiger charge is 2.20. The zero-order valence-electron chi connectivity index (χ0n) is 17.1. The van der Waals surface area contributed by atoms with E-state index in [1.165, 1.54) is 10.5 Å². The van der Waals surface area contributed by atoms with Gasteiger partial charge in [0, 0.05) is 29.2 Å². The van der Waals surface area contributed by atoms with E-state index >= 15 is 0 Å². The van der Waals surface area contributed by atoms with Crippen molar-refractivity contribution in [1.29, 1.82) is 0 Å². The first-order valence-corrected chi connectivity index (χ1v) is 10.3. The molecule has 30 heavy (non-hydrogen) atoms. The van der Waals surface area contributed by atoms with E-state index in [9.17, 15) is 9.59 Å². The highest BCUT2D eigenvalue weighted by molar-refractivity contribution is 6.31. The maximum absolute atomic E-state index is 13.0. The van der Waals surface area contributed by atoms with Crippen LogP contribution in [0.4, 0.5) is 5.69 Å². The van der Waals surface area contributed by atoms with E-state index in [0.717, 1.165) is 6.42 Å². The number of hydrogen-bond donors (Lipinski definition) is 1. The van der Waals surface area contributed by atoms with Crippen LogP contribution in [0.25, 0.3) is 0 Å². The zero-order chi connectivity index (χ0) is 21.5. The van der Waals surface area contributed by atoms with Gasteiger partial charge in [0.15, 0.2) is 5.78 Å². The minimum absolute atomic E-state index is 0.126. The summed E-state index contributed by atoms with van der Waals surface area (Å²) in [7, 11) is 1.68. The monoisotopic (exact) mass is 420 g/mol. The fraction of sp³-hybridized carbons (Fsp3) is 0.200. The summed E-state index contributed by atoms with van der Waals surface area (Å²) < 4.78 is 0. The smallest absolute Gasteiger partial charge is 0.240 e. The van der Waals surface area contributed by atoms with Crippen LogP contribution in [0.5, 0.6) is 0 Å². The highest BCUT2D eigenvalue weighted by Crippen LogP contribution is 2.26. The summed E-state index contributed by atoms with van der Waals surface area (Å²) in [6.45, 7) is 2.22. The van der Waals surface area contributed by atoms with E-state index in [2.05, 4.69) is 17.4 Å². The summed E-state index contributed by atoms with van der Waals surface area (Å²) in [5, 5.41) is 3.72. The molecular weight excluding hydrogens is 396 g/mol. The van der Waals surface area contributed by atoms with Gasteiger partial charge in [-0.25, -0.2) is 0 Å². The van der Waals surface area contributed by atoms with Crippen molar-refractivity contribution in [2.45, 2.75) is 19.4 Å². The minimum Gasteiger partial charge on any atom is -0.314 e. The summed E-state index contributed by atoms with van der Waals surface area (Å²) in [4.78, 5) is 27.3. The van der Waals surface area contributed by atoms with Crippen LogP contribution in [0.1, 0.15) is 28.4 Å². The van der Waals surface area contributed by atoms with Crippen LogP contribution in [0, 0.1) is 0 Å². The normalized spacial score (nSPS) is 11.7. The maximum Gasteiger partial charge on any atom is 0.240 e. The number of rotatable bonds is 8. The lowest BCUT2D eigenvalue weighted by Crippen LogP contribution is -2.40. The standard InChI is InChI=1S/C25H25ClN2O2/c1-18(15-19-9-5-3-6-10-19)27-17-24(29)28(2)23-14-13-21(26)16-22(23)25(30)20-11-7-4-8-12-20/h3-14,16,18,27H,15,17H2,1-2H3. The number of halogens is 1. The van der Waals surface area contributed by atoms with Gasteiger partial charge in [0.05, 0.1) is 12.2 Å². The molecule has 0 aliphatic carbocycles. The van der Waals surface area contributed by atoms with Crippen LogP contribution < -0.4 is 10.2 Å². The molecule has 0 saturated carbocycles. The SMILES string of the molecule is CC(Cc1ccccc1)NCC(=O)N(C)c1ccc(Cl)cc1C(=O)c1ccccc1. The van der Waals surface area contributed by atoms with Crippen LogP contribution in [0.15, 0.2) is 78.9 Å². The first-order valence-electron chi connectivity index (χ1n) is 9.89. The van der Waals surface area contributed by atoms with Gasteiger partial charge in [-0.2, -0.15) is 0 Å². The molecule has 4 nitrogen and oxygen atoms in total. The van der Waals surface area contributed by atoms with Crippen LogP contribution in [0.3, 0.4) is 0 Å². The van der Waals surface area contributed by atoms with Gasteiger partial charge in [-0.15, -0.1) is 0 Å². The van der Waals surface area contributed by atoms with Gasteiger partial charge in [0.2, 0.25) is 5.91 Å². The third-order valence-corrected chi connectivity index (χ3v) is 5.20. The number of benzene rings is 3. The average Bonchev–Trinajstić information content (AvgIpc) is 2.77. The molecule has 1 amide bonds. The lowest BCUT2D eigenvalue weighted by atomic mass is 10.0. The molecule has 3 aromatic rings. The third-order valence-electron chi connectivity index (χ3n) is 4.96. The molecule has 5 heteroatoms. The van der Waals surface area contributed by atoms with Gasteiger partial charge in [-0.1, -0.05) is 72.3 Å². The van der Waals surface area contributed by atoms with Gasteiger partial charge < -0.3 is 10.2 Å². The highest BCUT2D eigenvalue weighted by atomic mass is 35.5. The summed E-state index contributed by atoms with van der Waals surface area (Å²) >= 11 is 6.14. The van der Waals surface area contributed by atoms with Gasteiger partial charge in [0.25, 0.3) is 0 Å². The molecule has 0 spiro atoms. The van der Waals surface area contributed by atoms with E-state index in [0.29, 0.717) is 21.8 Å². The van der Waals surface area contributed by atoms with Crippen molar-refractivity contribution in [3.8, 4) is 0 Å². The van der Waals surface area contributed by atoms with E-state index in [-0.39, 0.29) is 24.3 Å². The van der Waals surface area contributed by atoms with Crippen LogP contribution in [0.2, 0.25) is 5.02 Å². The molecule has 0 heterocycles. The second-order valence-electron chi connectivity index (χ2n) is 7.28. The first-order chi connectivity index (χ1) is 14.5. The number of carbonyl (C=O) groups excluding carboxylic acids is 2. The maximum atomic E-state index is 13.0. The third kappa shape index (κ3) is 5.56. The molecule has 3 rings (SSSR count). The minimum atomic E-state index is -0.168. The molecule has 1 N–H and O–H groups in total. The number of hydrogen-bond acceptors (Lipinski definition) is 3. The molecule has 1 unspecified atom stereocenters. The van der Waals surface area contributed by atoms with Crippen molar-refractivity contribution in [3.05, 3.63) is 101 Å². The Bertz CT molecular complexity index is 1010. The summed E-state index contributed by atoms with van der Waals surface area (Å²) in [5.74, 6) is -0.294. The molecule has 0 aliphatic rings. The number of anilines is 1. The van der Waals surface area contributed by atoms with Crippen molar-refractivity contribution >= 4 is 29.0 Å². The Kier molecular flexibility index (Phi) is 7.39. The predicted molar refractivity (Wildman–Crippen MR) is 122 cm³/mol. The Morgan fingerprint density at radius 3 is 2.27 bits per heavy atom. The number of likely N-dealkylation sites (N-methyl/N-ethyl adjacent to an activating group) is 1. The summed E-state index contributed by atoms with van der Waals surface area (Å²) in [6, 6.07) is 24.3. The lowest BCUT2D eigenvalue weighted by Gasteiger charge is -2.22. The van der Waals surface area contributed by atoms with Gasteiger partial charge in [-0.05, 0) is 37.1 Å². The molecule has 0 aliphatic heterocycles. The van der Waals surface area contributed by atoms with Gasteiger partial charge in [-0.3, -0.25) is 9.59 Å². The average molecular weight is 421 g/mol. The van der Waals surface area contributed by atoms with Crippen molar-refractivity contribution in [3.63, 3.8) is 0 Å². The second-order valence-corrected chi connectivity index (χ2v) is 7.72. The van der Waals surface area contributed by atoms with Crippen LogP contribution >= 0.6 is 11.6 Å². The molecule has 0 aromatic heterocycles. The summed E-state index contributed by atoms with van der Waals surface area (Å²) in [5.41, 5.74) is 2.71. The molecule has 0 saturated heterocycles. The number of nitrogens with zero attached hydrogens (tertiary/aromatic N) is 1. The first kappa shape index (κ1) is 21.8. The van der Waals surface area contributed by atoms with E-state index in [1.54, 1.807) is 37.4 Å². The Morgan fingerprint density at radius 1 is 0.967 bits per heavy atom. The molecular formula is C25H25ClN2O2. The zero-order valence-corrected chi connectivity index (χ0v) is 17.9. The van der Waals surface area contributed by atoms with Crippen LogP contribution in [-0.2, 0) is 11.2 Å².